The number of azo groups is 1. The first-order valence-electron chi connectivity index (χ1n) is 9.17. The molecule has 1 aromatic carbocycles. The quantitative estimate of drug-likeness (QED) is 0.0776. The Labute approximate surface area is 216 Å². The zero-order valence-electron chi connectivity index (χ0n) is 18.1. The summed E-state index contributed by atoms with van der Waals surface area (Å²) >= 11 is 1.02. The summed E-state index contributed by atoms with van der Waals surface area (Å²) in [5.74, 6) is -2.25. The molecule has 0 atom stereocenters. The van der Waals surface area contributed by atoms with Crippen molar-refractivity contribution in [2.45, 2.75) is 21.9 Å². The molecule has 2 aromatic heterocycles. The van der Waals surface area contributed by atoms with Crippen LogP contribution in [0.5, 0.6) is 0 Å². The van der Waals surface area contributed by atoms with Crippen LogP contribution in [-0.2, 0) is 39.4 Å². The number of hydrogen-bond acceptors (Lipinski definition) is 17. The number of hydrogen-bond donors (Lipinski definition) is 4. The van der Waals surface area contributed by atoms with Gasteiger partial charge in [-0.15, -0.1) is 14.6 Å². The molecule has 0 radical (unpaired) electrons. The minimum absolute atomic E-state index is 0.0692. The molecule has 5 N–H and O–H groups in total. The van der Waals surface area contributed by atoms with Gasteiger partial charge in [-0.2, -0.15) is 31.3 Å². The highest BCUT2D eigenvalue weighted by atomic mass is 32.2. The van der Waals surface area contributed by atoms with Gasteiger partial charge in [0.05, 0.1) is 34.9 Å². The van der Waals surface area contributed by atoms with E-state index < -0.39 is 51.6 Å². The molecule has 3 aromatic rings. The van der Waals surface area contributed by atoms with Crippen molar-refractivity contribution >= 4 is 70.3 Å². The zero-order valence-corrected chi connectivity index (χ0v) is 22.1. The smallest absolute Gasteiger partial charge is 0.296 e. The Morgan fingerprint density at radius 2 is 1.84 bits per heavy atom. The van der Waals surface area contributed by atoms with Gasteiger partial charge in [0.2, 0.25) is 15.0 Å². The number of rotatable bonds is 11. The number of sulfone groups is 1. The first-order valence-corrected chi connectivity index (χ1v) is 15.4. The third-order valence-electron chi connectivity index (χ3n) is 4.18. The molecular formula is C14H15N7O11S5. The van der Waals surface area contributed by atoms with Crippen LogP contribution in [0.4, 0.5) is 16.6 Å². The fourth-order valence-electron chi connectivity index (χ4n) is 2.60. The third-order valence-corrected chi connectivity index (χ3v) is 8.83. The molecule has 0 saturated carbocycles. The monoisotopic (exact) mass is 617 g/mol. The van der Waals surface area contributed by atoms with Crippen LogP contribution in [0.25, 0.3) is 5.69 Å². The summed E-state index contributed by atoms with van der Waals surface area (Å²) in [6.07, 6.45) is 0. The highest BCUT2D eigenvalue weighted by Gasteiger charge is 2.25. The minimum Gasteiger partial charge on any atom is -0.382 e. The molecule has 18 nitrogen and oxygen atoms in total. The molecule has 0 unspecified atom stereocenters. The molecule has 0 aliphatic rings. The third kappa shape index (κ3) is 7.24. The standard InChI is InChI=1S/C14H15N7O11S5/c1-7-11(17-18-13-16-14(20-33-13)35(23,24)4-5-36(25,26)27)12(15)21(19-7)9-6-8(34-32-31-22)2-3-10(9)37(28,29)30/h2-3,6,22H,4-5,15H2,1H3,(H,25,26,27)(H,28,29,30). The second kappa shape index (κ2) is 11.0. The molecule has 0 aliphatic carbocycles. The van der Waals surface area contributed by atoms with Gasteiger partial charge in [0, 0.05) is 16.4 Å². The van der Waals surface area contributed by atoms with E-state index in [1.54, 1.807) is 0 Å². The van der Waals surface area contributed by atoms with E-state index in [9.17, 15) is 29.8 Å². The van der Waals surface area contributed by atoms with E-state index in [0.717, 1.165) is 10.7 Å². The van der Waals surface area contributed by atoms with Crippen molar-refractivity contribution in [1.82, 2.24) is 19.1 Å². The molecule has 0 spiro atoms. The number of anilines is 1. The summed E-state index contributed by atoms with van der Waals surface area (Å²) in [6, 6.07) is 3.46. The molecule has 0 saturated heterocycles. The Morgan fingerprint density at radius 3 is 2.46 bits per heavy atom. The minimum atomic E-state index is -4.75. The second-order valence-corrected chi connectivity index (χ2v) is 13.2. The molecule has 37 heavy (non-hydrogen) atoms. The lowest BCUT2D eigenvalue weighted by atomic mass is 10.3. The van der Waals surface area contributed by atoms with Crippen LogP contribution in [-0.4, -0.2) is 70.3 Å². The van der Waals surface area contributed by atoms with Crippen molar-refractivity contribution in [3.63, 3.8) is 0 Å². The summed E-state index contributed by atoms with van der Waals surface area (Å²) in [6.45, 7) is 1.45. The van der Waals surface area contributed by atoms with Crippen LogP contribution >= 0.6 is 23.6 Å². The van der Waals surface area contributed by atoms with E-state index in [1.165, 1.54) is 19.1 Å². The van der Waals surface area contributed by atoms with Gasteiger partial charge in [-0.25, -0.2) is 18.4 Å². The normalized spacial score (nSPS) is 13.0. The molecule has 2 heterocycles. The number of nitrogens with two attached hydrogens (primary N) is 1. The summed E-state index contributed by atoms with van der Waals surface area (Å²) in [4.78, 5) is 3.29. The largest absolute Gasteiger partial charge is 0.382 e. The van der Waals surface area contributed by atoms with Gasteiger partial charge in [-0.3, -0.25) is 9.11 Å². The Kier molecular flexibility index (Phi) is 8.62. The average molecular weight is 618 g/mol. The van der Waals surface area contributed by atoms with E-state index in [2.05, 4.69) is 34.1 Å². The predicted octanol–water partition coefficient (Wildman–Crippen LogP) is 1.37. The highest BCUT2D eigenvalue weighted by Crippen LogP contribution is 2.34. The summed E-state index contributed by atoms with van der Waals surface area (Å²) in [7, 11) is -13.5. The molecular weight excluding hydrogens is 603 g/mol. The number of aromatic nitrogens is 4. The van der Waals surface area contributed by atoms with Crippen molar-refractivity contribution in [2.24, 2.45) is 10.2 Å². The van der Waals surface area contributed by atoms with Gasteiger partial charge >= 0.3 is 0 Å². The SMILES string of the molecule is Cc1nn(-c2cc(SOOO)ccc2S(=O)(=O)O)c(N)c1N=Nc1nc(S(=O)(=O)CCS(=O)(=O)O)ns1. The maximum atomic E-state index is 12.1. The fourth-order valence-corrected chi connectivity index (χ4v) is 6.80. The van der Waals surface area contributed by atoms with E-state index in [1.807, 2.05) is 0 Å². The van der Waals surface area contributed by atoms with Crippen LogP contribution in [0.15, 0.2) is 43.4 Å². The van der Waals surface area contributed by atoms with Crippen LogP contribution < -0.4 is 5.73 Å². The Hall–Kier alpha value is -2.61. The van der Waals surface area contributed by atoms with E-state index in [-0.39, 0.29) is 32.9 Å². The highest BCUT2D eigenvalue weighted by molar-refractivity contribution is 7.94. The first-order chi connectivity index (χ1) is 17.1. The maximum Gasteiger partial charge on any atom is 0.296 e. The van der Waals surface area contributed by atoms with Crippen LogP contribution in [0.2, 0.25) is 0 Å². The molecule has 0 fully saturated rings. The summed E-state index contributed by atoms with van der Waals surface area (Å²) in [5, 5.41) is 22.6. The lowest BCUT2D eigenvalue weighted by Crippen LogP contribution is -2.17. The van der Waals surface area contributed by atoms with Gasteiger partial charge in [-0.05, 0) is 25.1 Å². The zero-order chi connectivity index (χ0) is 27.6. The van der Waals surface area contributed by atoms with Gasteiger partial charge in [0.1, 0.15) is 4.90 Å². The summed E-state index contributed by atoms with van der Waals surface area (Å²) < 4.78 is 96.8. The number of nitrogens with zero attached hydrogens (tertiary/aromatic N) is 6. The predicted molar refractivity (Wildman–Crippen MR) is 126 cm³/mol. The van der Waals surface area contributed by atoms with Crippen molar-refractivity contribution in [2.75, 3.05) is 17.2 Å². The molecule has 202 valence electrons. The Balaban J connectivity index is 1.96. The lowest BCUT2D eigenvalue weighted by Gasteiger charge is -2.10. The Morgan fingerprint density at radius 1 is 1.14 bits per heavy atom. The average Bonchev–Trinajstić information content (AvgIpc) is 3.39. The number of aryl methyl sites for hydroxylation is 1. The first kappa shape index (κ1) is 29.0. The van der Waals surface area contributed by atoms with Crippen LogP contribution in [0, 0.1) is 6.92 Å². The van der Waals surface area contributed by atoms with Gasteiger partial charge in [0.15, 0.2) is 11.5 Å². The maximum absolute atomic E-state index is 12.1. The van der Waals surface area contributed by atoms with Crippen LogP contribution in [0.3, 0.4) is 0 Å². The van der Waals surface area contributed by atoms with Crippen molar-refractivity contribution < 1.29 is 49.0 Å². The molecule has 23 heteroatoms. The van der Waals surface area contributed by atoms with Gasteiger partial charge in [0.25, 0.3) is 25.4 Å². The molecule has 0 aliphatic heterocycles. The van der Waals surface area contributed by atoms with E-state index in [0.29, 0.717) is 23.6 Å². The topological polar surface area (TPSA) is 276 Å². The molecule has 0 amide bonds. The number of nitrogen functional groups attached to an aromatic ring is 1. The van der Waals surface area contributed by atoms with Crippen molar-refractivity contribution in [1.29, 1.82) is 0 Å². The van der Waals surface area contributed by atoms with Gasteiger partial charge < -0.3 is 5.73 Å². The van der Waals surface area contributed by atoms with Gasteiger partial charge in [-0.1, -0.05) is 5.04 Å². The van der Waals surface area contributed by atoms with E-state index >= 15 is 0 Å². The molecule has 0 bridgehead atoms. The number of benzene rings is 1. The molecule has 3 rings (SSSR count). The van der Waals surface area contributed by atoms with Crippen LogP contribution in [0.1, 0.15) is 5.69 Å². The summed E-state index contributed by atoms with van der Waals surface area (Å²) in [5.41, 5.74) is 5.92. The van der Waals surface area contributed by atoms with Crippen molar-refractivity contribution in [3.8, 4) is 5.69 Å². The fraction of sp³-hybridized carbons (Fsp3) is 0.214. The second-order valence-electron chi connectivity index (χ2n) is 6.73. The van der Waals surface area contributed by atoms with Crippen molar-refractivity contribution in [3.05, 3.63) is 23.9 Å². The lowest BCUT2D eigenvalue weighted by molar-refractivity contribution is -0.432. The Bertz CT molecular complexity index is 1660. The van der Waals surface area contributed by atoms with E-state index in [4.69, 9.17) is 15.5 Å².